The number of fused-ring (bicyclic) bond motifs is 1. The number of hydrogen-bond donors (Lipinski definition) is 2. The van der Waals surface area contributed by atoms with E-state index in [1.807, 2.05) is 0 Å². The lowest BCUT2D eigenvalue weighted by molar-refractivity contribution is -0.167. The van der Waals surface area contributed by atoms with Gasteiger partial charge in [0.05, 0.1) is 5.92 Å². The minimum absolute atomic E-state index is 0.286. The fourth-order valence-corrected chi connectivity index (χ4v) is 2.58. The first kappa shape index (κ1) is 14.5. The van der Waals surface area contributed by atoms with E-state index >= 15 is 0 Å². The van der Waals surface area contributed by atoms with Crippen molar-refractivity contribution < 1.29 is 19.4 Å². The molecule has 1 aromatic rings. The molecular formula is C15H19NO4. The molecule has 108 valence electrons. The van der Waals surface area contributed by atoms with Crippen LogP contribution >= 0.6 is 0 Å². The minimum Gasteiger partial charge on any atom is -0.480 e. The fraction of sp³-hybridized carbons (Fsp3) is 0.467. The van der Waals surface area contributed by atoms with Crippen LogP contribution in [-0.2, 0) is 26.3 Å². The van der Waals surface area contributed by atoms with Crippen molar-refractivity contribution in [2.75, 3.05) is 0 Å². The summed E-state index contributed by atoms with van der Waals surface area (Å²) in [5.41, 5.74) is 4.95. The highest BCUT2D eigenvalue weighted by molar-refractivity contribution is 5.91. The summed E-state index contributed by atoms with van der Waals surface area (Å²) in [5.74, 6) is -2.69. The van der Waals surface area contributed by atoms with Gasteiger partial charge in [-0.15, -0.1) is 0 Å². The molecular weight excluding hydrogens is 258 g/mol. The largest absolute Gasteiger partial charge is 0.480 e. The van der Waals surface area contributed by atoms with Gasteiger partial charge in [0.25, 0.3) is 0 Å². The average Bonchev–Trinajstić information content (AvgIpc) is 2.63. The third-order valence-electron chi connectivity index (χ3n) is 3.48. The Morgan fingerprint density at radius 2 is 1.95 bits per heavy atom. The third kappa shape index (κ3) is 2.29. The second kappa shape index (κ2) is 4.59. The van der Waals surface area contributed by atoms with Crippen LogP contribution in [0.1, 0.15) is 31.9 Å². The third-order valence-corrected chi connectivity index (χ3v) is 3.48. The predicted octanol–water partition coefficient (Wildman–Crippen LogP) is 1.44. The Morgan fingerprint density at radius 1 is 1.35 bits per heavy atom. The highest BCUT2D eigenvalue weighted by atomic mass is 16.6. The quantitative estimate of drug-likeness (QED) is 0.798. The number of ether oxygens (including phenoxy) is 1. The second-order valence-corrected chi connectivity index (χ2v) is 6.12. The maximum atomic E-state index is 12.3. The molecule has 20 heavy (non-hydrogen) atoms. The number of esters is 1. The van der Waals surface area contributed by atoms with Crippen molar-refractivity contribution in [1.82, 2.24) is 0 Å². The van der Waals surface area contributed by atoms with Crippen molar-refractivity contribution >= 4 is 11.9 Å². The number of carboxylic acid groups (broad SMARTS) is 1. The van der Waals surface area contributed by atoms with Gasteiger partial charge in [-0.2, -0.15) is 0 Å². The zero-order valence-electron chi connectivity index (χ0n) is 11.8. The number of rotatable bonds is 2. The smallest absolute Gasteiger partial charge is 0.329 e. The van der Waals surface area contributed by atoms with Crippen LogP contribution in [0.25, 0.3) is 0 Å². The molecule has 3 N–H and O–H groups in total. The molecule has 2 atom stereocenters. The Bertz CT molecular complexity index is 561. The van der Waals surface area contributed by atoms with Crippen LogP contribution in [-0.4, -0.2) is 22.6 Å². The van der Waals surface area contributed by atoms with Crippen LogP contribution in [0.4, 0.5) is 0 Å². The molecule has 0 saturated carbocycles. The Kier molecular flexibility index (Phi) is 3.34. The molecule has 1 aromatic carbocycles. The summed E-state index contributed by atoms with van der Waals surface area (Å²) in [6.45, 7) is 5.23. The van der Waals surface area contributed by atoms with Crippen LogP contribution in [0, 0.1) is 5.92 Å². The lowest BCUT2D eigenvalue weighted by Gasteiger charge is -2.29. The predicted molar refractivity (Wildman–Crippen MR) is 73.0 cm³/mol. The molecule has 0 radical (unpaired) electrons. The van der Waals surface area contributed by atoms with Crippen molar-refractivity contribution in [3.63, 3.8) is 0 Å². The van der Waals surface area contributed by atoms with Gasteiger partial charge in [0.15, 0.2) is 5.54 Å². The van der Waals surface area contributed by atoms with Gasteiger partial charge in [-0.25, -0.2) is 4.79 Å². The Balaban J connectivity index is 2.42. The molecule has 0 aliphatic heterocycles. The van der Waals surface area contributed by atoms with Gasteiger partial charge in [0.1, 0.15) is 5.60 Å². The van der Waals surface area contributed by atoms with Gasteiger partial charge in [0, 0.05) is 0 Å². The van der Waals surface area contributed by atoms with Gasteiger partial charge in [0.2, 0.25) is 0 Å². The van der Waals surface area contributed by atoms with E-state index in [0.29, 0.717) is 5.56 Å². The van der Waals surface area contributed by atoms with E-state index in [1.54, 1.807) is 45.0 Å². The van der Waals surface area contributed by atoms with E-state index in [2.05, 4.69) is 0 Å². The zero-order valence-corrected chi connectivity index (χ0v) is 11.8. The molecule has 0 bridgehead atoms. The van der Waals surface area contributed by atoms with E-state index in [-0.39, 0.29) is 6.42 Å². The van der Waals surface area contributed by atoms with Gasteiger partial charge >= 0.3 is 11.9 Å². The zero-order chi connectivity index (χ0) is 15.1. The molecule has 1 unspecified atom stereocenters. The number of aliphatic carboxylic acids is 1. The number of carboxylic acids is 1. The lowest BCUT2D eigenvalue weighted by Crippen LogP contribution is -2.52. The summed E-state index contributed by atoms with van der Waals surface area (Å²) in [7, 11) is 0. The summed E-state index contributed by atoms with van der Waals surface area (Å²) >= 11 is 0. The number of benzene rings is 1. The summed E-state index contributed by atoms with van der Waals surface area (Å²) < 4.78 is 5.32. The van der Waals surface area contributed by atoms with E-state index in [4.69, 9.17) is 10.5 Å². The van der Waals surface area contributed by atoms with Crippen LogP contribution < -0.4 is 5.73 Å². The standard InChI is InChI=1S/C15H19NO4/c1-14(2,3)20-12(17)11-8-9-6-4-5-7-10(9)15(11,16)13(18)19/h4-7,11H,8,16H2,1-3H3,(H,18,19)/t11?,15-/m1/s1. The summed E-state index contributed by atoms with van der Waals surface area (Å²) in [6, 6.07) is 6.98. The maximum Gasteiger partial charge on any atom is 0.329 e. The molecule has 0 spiro atoms. The Labute approximate surface area is 117 Å². The van der Waals surface area contributed by atoms with Crippen LogP contribution in [0.3, 0.4) is 0 Å². The first-order valence-corrected chi connectivity index (χ1v) is 6.50. The molecule has 0 amide bonds. The normalized spacial score (nSPS) is 25.1. The summed E-state index contributed by atoms with van der Waals surface area (Å²) in [4.78, 5) is 23.9. The lowest BCUT2D eigenvalue weighted by atomic mass is 9.84. The molecule has 0 saturated heterocycles. The Hall–Kier alpha value is -1.88. The highest BCUT2D eigenvalue weighted by Gasteiger charge is 2.54. The minimum atomic E-state index is -1.72. The fourth-order valence-electron chi connectivity index (χ4n) is 2.58. The molecule has 2 rings (SSSR count). The molecule has 5 heteroatoms. The van der Waals surface area contributed by atoms with E-state index in [0.717, 1.165) is 5.56 Å². The SMILES string of the molecule is CC(C)(C)OC(=O)C1Cc2ccccc2[C@]1(N)C(=O)O. The number of nitrogens with two attached hydrogens (primary N) is 1. The molecule has 1 aliphatic rings. The van der Waals surface area contributed by atoms with Gasteiger partial charge in [-0.1, -0.05) is 24.3 Å². The van der Waals surface area contributed by atoms with Crippen molar-refractivity contribution in [2.45, 2.75) is 38.3 Å². The van der Waals surface area contributed by atoms with Gasteiger partial charge < -0.3 is 15.6 Å². The number of hydrogen-bond acceptors (Lipinski definition) is 4. The first-order valence-electron chi connectivity index (χ1n) is 6.50. The van der Waals surface area contributed by atoms with Gasteiger partial charge in [-0.3, -0.25) is 4.79 Å². The summed E-state index contributed by atoms with van der Waals surface area (Å²) in [5, 5.41) is 9.50. The number of carbonyl (C=O) groups excluding carboxylic acids is 1. The monoisotopic (exact) mass is 277 g/mol. The molecule has 0 fully saturated rings. The first-order chi connectivity index (χ1) is 9.16. The van der Waals surface area contributed by atoms with Crippen molar-refractivity contribution in [1.29, 1.82) is 0 Å². The van der Waals surface area contributed by atoms with Gasteiger partial charge in [-0.05, 0) is 38.3 Å². The molecule has 1 aliphatic carbocycles. The van der Waals surface area contributed by atoms with Crippen molar-refractivity contribution in [3.8, 4) is 0 Å². The summed E-state index contributed by atoms with van der Waals surface area (Å²) in [6.07, 6.45) is 0.286. The van der Waals surface area contributed by atoms with Crippen LogP contribution in [0.5, 0.6) is 0 Å². The molecule has 0 aromatic heterocycles. The van der Waals surface area contributed by atoms with E-state index in [1.165, 1.54) is 0 Å². The molecule has 0 heterocycles. The highest BCUT2D eigenvalue weighted by Crippen LogP contribution is 2.41. The van der Waals surface area contributed by atoms with E-state index < -0.39 is 29.0 Å². The Morgan fingerprint density at radius 3 is 2.50 bits per heavy atom. The topological polar surface area (TPSA) is 89.6 Å². The van der Waals surface area contributed by atoms with Crippen molar-refractivity contribution in [2.24, 2.45) is 11.7 Å². The second-order valence-electron chi connectivity index (χ2n) is 6.12. The molecule has 5 nitrogen and oxygen atoms in total. The van der Waals surface area contributed by atoms with Crippen molar-refractivity contribution in [3.05, 3.63) is 35.4 Å². The van der Waals surface area contributed by atoms with Crippen LogP contribution in [0.15, 0.2) is 24.3 Å². The maximum absolute atomic E-state index is 12.3. The van der Waals surface area contributed by atoms with E-state index in [9.17, 15) is 14.7 Å². The average molecular weight is 277 g/mol. The van der Waals surface area contributed by atoms with Crippen LogP contribution in [0.2, 0.25) is 0 Å². The number of carbonyl (C=O) groups is 2.